The summed E-state index contributed by atoms with van der Waals surface area (Å²) in [7, 11) is 8.64. The molecule has 76 valence electrons. The minimum Gasteiger partial charge on any atom is -0.309 e. The molecule has 0 radical (unpaired) electrons. The Bertz CT molecular complexity index is 93.1. The first-order valence-electron chi connectivity index (χ1n) is 5.42. The summed E-state index contributed by atoms with van der Waals surface area (Å²) in [5.74, 6) is 0. The molecule has 0 fully saturated rings. The van der Waals surface area contributed by atoms with Crippen molar-refractivity contribution in [1.29, 1.82) is 0 Å². The molecule has 13 heavy (non-hydrogen) atoms. The molecule has 0 heterocycles. The van der Waals surface area contributed by atoms with E-state index in [1.807, 2.05) is 0 Å². The summed E-state index contributed by atoms with van der Waals surface area (Å²) in [6, 6.07) is 0. The highest BCUT2D eigenvalue weighted by Crippen LogP contribution is 1.97. The zero-order chi connectivity index (χ0) is 10.1. The van der Waals surface area contributed by atoms with Crippen molar-refractivity contribution < 1.29 is 0 Å². The molecule has 3 heteroatoms. The molecule has 0 amide bonds. The third kappa shape index (κ3) is 12.7. The molecule has 0 saturated heterocycles. The first kappa shape index (κ1) is 13.7. The maximum Gasteiger partial charge on any atom is 0.364 e. The topological polar surface area (TPSA) is 6.48 Å². The van der Waals surface area contributed by atoms with Gasteiger partial charge < -0.3 is 9.80 Å². The first-order chi connectivity index (χ1) is 6.13. The molecule has 0 aromatic carbocycles. The van der Waals surface area contributed by atoms with Crippen LogP contribution in [0.25, 0.3) is 0 Å². The Morgan fingerprint density at radius 1 is 0.769 bits per heavy atom. The van der Waals surface area contributed by atoms with Crippen LogP contribution in [0, 0.1) is 0 Å². The fourth-order valence-corrected chi connectivity index (χ4v) is 2.89. The second kappa shape index (κ2) is 9.25. The predicted molar refractivity (Wildman–Crippen MR) is 61.7 cm³/mol. The summed E-state index contributed by atoms with van der Waals surface area (Å²) >= 11 is 0.272. The Hall–Kier alpha value is 0.686. The third-order valence-electron chi connectivity index (χ3n) is 2.21. The molecule has 0 saturated carbocycles. The Labute approximate surface area is 93.4 Å². The van der Waals surface area contributed by atoms with E-state index in [9.17, 15) is 0 Å². The fourth-order valence-electron chi connectivity index (χ4n) is 1.39. The van der Waals surface area contributed by atoms with E-state index in [4.69, 9.17) is 0 Å². The van der Waals surface area contributed by atoms with Gasteiger partial charge in [-0.05, 0) is 41.3 Å². The smallest absolute Gasteiger partial charge is 0.309 e. The number of hydrogen-bond donors (Lipinski definition) is 0. The van der Waals surface area contributed by atoms with E-state index in [2.05, 4.69) is 38.0 Å². The number of nitrogens with zero attached hydrogens (tertiary/aromatic N) is 2. The average Bonchev–Trinajstić information content (AvgIpc) is 2.01. The summed E-state index contributed by atoms with van der Waals surface area (Å²) in [6.45, 7) is 2.56. The van der Waals surface area contributed by atoms with Crippen LogP contribution in [-0.2, 0) is 0 Å². The summed E-state index contributed by atoms with van der Waals surface area (Å²) < 4.78 is 3.07. The Kier molecular flexibility index (Phi) is 9.74. The van der Waals surface area contributed by atoms with Crippen LogP contribution >= 0.6 is 0 Å². The van der Waals surface area contributed by atoms with Gasteiger partial charge in [-0.2, -0.15) is 0 Å². The van der Waals surface area contributed by atoms with Crippen LogP contribution < -0.4 is 0 Å². The van der Waals surface area contributed by atoms with Crippen LogP contribution in [0.1, 0.15) is 12.8 Å². The molecule has 0 atom stereocenters. The van der Waals surface area contributed by atoms with Gasteiger partial charge in [-0.25, -0.2) is 0 Å². The van der Waals surface area contributed by atoms with Crippen molar-refractivity contribution in [3.05, 3.63) is 0 Å². The van der Waals surface area contributed by atoms with Crippen molar-refractivity contribution in [2.75, 3.05) is 41.3 Å². The van der Waals surface area contributed by atoms with Gasteiger partial charge in [0.25, 0.3) is 0 Å². The maximum absolute atomic E-state index is 2.29. The van der Waals surface area contributed by atoms with Crippen molar-refractivity contribution in [3.8, 4) is 0 Å². The lowest BCUT2D eigenvalue weighted by molar-refractivity contribution is 0.405. The Balaban J connectivity index is 2.92. The number of rotatable bonds is 8. The van der Waals surface area contributed by atoms with Crippen LogP contribution in [0.5, 0.6) is 0 Å². The molecule has 0 aromatic heterocycles. The molecular weight excluding hydrogens is 172 g/mol. The van der Waals surface area contributed by atoms with Gasteiger partial charge >= 0.3 is 20.4 Å². The maximum atomic E-state index is 2.29. The van der Waals surface area contributed by atoms with Crippen molar-refractivity contribution in [1.82, 2.24) is 9.80 Å². The van der Waals surface area contributed by atoms with E-state index >= 15 is 0 Å². The molecule has 0 spiro atoms. The third-order valence-corrected chi connectivity index (χ3v) is 4.21. The van der Waals surface area contributed by atoms with E-state index in [1.54, 1.807) is 0 Å². The quantitative estimate of drug-likeness (QED) is 0.428. The average molecular weight is 197 g/mol. The second-order valence-electron chi connectivity index (χ2n) is 4.37. The van der Waals surface area contributed by atoms with Gasteiger partial charge in [0, 0.05) is 0 Å². The highest BCUT2D eigenvalue weighted by molar-refractivity contribution is 6.35. The molecular formula is C10H24MgN2. The largest absolute Gasteiger partial charge is 0.364 e. The summed E-state index contributed by atoms with van der Waals surface area (Å²) in [5.41, 5.74) is 0. The minimum absolute atomic E-state index is 0.272. The van der Waals surface area contributed by atoms with Crippen LogP contribution in [0.2, 0.25) is 9.10 Å². The van der Waals surface area contributed by atoms with Gasteiger partial charge in [-0.1, -0.05) is 12.8 Å². The van der Waals surface area contributed by atoms with E-state index in [-0.39, 0.29) is 20.4 Å². The molecule has 0 aromatic rings. The van der Waals surface area contributed by atoms with E-state index in [0.717, 1.165) is 0 Å². The monoisotopic (exact) mass is 196 g/mol. The second-order valence-corrected chi connectivity index (χ2v) is 6.50. The van der Waals surface area contributed by atoms with Gasteiger partial charge in [-0.3, -0.25) is 0 Å². The van der Waals surface area contributed by atoms with E-state index in [1.165, 1.54) is 35.0 Å². The highest BCUT2D eigenvalue weighted by Gasteiger charge is 1.97. The van der Waals surface area contributed by atoms with Gasteiger partial charge in [0.1, 0.15) is 0 Å². The zero-order valence-electron chi connectivity index (χ0n) is 9.84. The van der Waals surface area contributed by atoms with E-state index < -0.39 is 0 Å². The minimum atomic E-state index is 0.272. The lowest BCUT2D eigenvalue weighted by Crippen LogP contribution is -2.14. The Morgan fingerprint density at radius 3 is 1.46 bits per heavy atom. The molecule has 0 rings (SSSR count). The van der Waals surface area contributed by atoms with Gasteiger partial charge in [0.05, 0.1) is 0 Å². The van der Waals surface area contributed by atoms with Gasteiger partial charge in [0.2, 0.25) is 0 Å². The molecule has 0 aliphatic carbocycles. The Morgan fingerprint density at radius 2 is 1.15 bits per heavy atom. The molecule has 0 aliphatic rings. The summed E-state index contributed by atoms with van der Waals surface area (Å²) in [4.78, 5) is 4.57. The standard InChI is InChI=1S/2C5H12N.Mg/c2*1-4-5-6(2)3;/h2*1,4-5H2,2-3H3;. The molecule has 0 N–H and O–H groups in total. The molecule has 2 nitrogen and oxygen atoms in total. The first-order valence-corrected chi connectivity index (χ1v) is 7.42. The lowest BCUT2D eigenvalue weighted by Gasteiger charge is -2.09. The molecule has 0 unspecified atom stereocenters. The normalized spacial score (nSPS) is 10.9. The summed E-state index contributed by atoms with van der Waals surface area (Å²) in [6.07, 6.45) is 2.84. The predicted octanol–water partition coefficient (Wildman–Crippen LogP) is 1.43. The van der Waals surface area contributed by atoms with Crippen LogP contribution in [-0.4, -0.2) is 71.4 Å². The van der Waals surface area contributed by atoms with Crippen LogP contribution in [0.3, 0.4) is 0 Å². The number of hydrogen-bond acceptors (Lipinski definition) is 2. The van der Waals surface area contributed by atoms with Crippen LogP contribution in [0.15, 0.2) is 0 Å². The zero-order valence-corrected chi connectivity index (χ0v) is 11.3. The fraction of sp³-hybridized carbons (Fsp3) is 1.00. The summed E-state index contributed by atoms with van der Waals surface area (Å²) in [5, 5.41) is 0. The van der Waals surface area contributed by atoms with E-state index in [0.29, 0.717) is 0 Å². The molecule has 0 aliphatic heterocycles. The molecule has 0 bridgehead atoms. The van der Waals surface area contributed by atoms with Crippen molar-refractivity contribution >= 4 is 20.4 Å². The highest BCUT2D eigenvalue weighted by atomic mass is 24.5. The van der Waals surface area contributed by atoms with Gasteiger partial charge in [0.15, 0.2) is 0 Å². The van der Waals surface area contributed by atoms with Crippen LogP contribution in [0.4, 0.5) is 0 Å². The van der Waals surface area contributed by atoms with Crippen molar-refractivity contribution in [2.24, 2.45) is 0 Å². The lowest BCUT2D eigenvalue weighted by atomic mass is 10.4. The SMILES string of the molecule is CN(C)CC[CH2][Mg][CH2]CCN(C)C. The van der Waals surface area contributed by atoms with Gasteiger partial charge in [-0.15, -0.1) is 9.10 Å². The van der Waals surface area contributed by atoms with Crippen molar-refractivity contribution in [3.63, 3.8) is 0 Å². The van der Waals surface area contributed by atoms with Crippen molar-refractivity contribution in [2.45, 2.75) is 21.9 Å².